The van der Waals surface area contributed by atoms with Gasteiger partial charge in [-0.1, -0.05) is 0 Å². The third kappa shape index (κ3) is 3.23. The lowest BCUT2D eigenvalue weighted by molar-refractivity contribution is 0.157. The van der Waals surface area contributed by atoms with Gasteiger partial charge in [0.05, 0.1) is 0 Å². The quantitative estimate of drug-likeness (QED) is 0.769. The molecular formula is C11H14FNO2. The van der Waals surface area contributed by atoms with Crippen molar-refractivity contribution in [1.82, 2.24) is 4.90 Å². The molecule has 0 radical (unpaired) electrons. The highest BCUT2D eigenvalue weighted by atomic mass is 19.1. The van der Waals surface area contributed by atoms with Gasteiger partial charge in [-0.15, -0.1) is 0 Å². The average Bonchev–Trinajstić information content (AvgIpc) is 2.23. The molecule has 0 aliphatic heterocycles. The Morgan fingerprint density at radius 1 is 1.27 bits per heavy atom. The van der Waals surface area contributed by atoms with E-state index in [1.807, 2.05) is 13.8 Å². The largest absolute Gasteiger partial charge is 0.415 e. The molecular weight excluding hydrogens is 197 g/mol. The zero-order valence-corrected chi connectivity index (χ0v) is 8.87. The summed E-state index contributed by atoms with van der Waals surface area (Å²) in [5.41, 5.74) is 0. The maximum atomic E-state index is 12.6. The number of hydrogen-bond donors (Lipinski definition) is 0. The lowest BCUT2D eigenvalue weighted by Gasteiger charge is -2.17. The Kier molecular flexibility index (Phi) is 4.09. The molecule has 0 fully saturated rings. The normalized spacial score (nSPS) is 9.80. The predicted octanol–water partition coefficient (Wildman–Crippen LogP) is 2.67. The molecule has 1 aromatic rings. The standard InChI is InChI=1S/C11H14FNO2/c1-3-13(4-2)11(14)15-10-7-5-9(12)6-8-10/h5-8H,3-4H2,1-2H3. The summed E-state index contributed by atoms with van der Waals surface area (Å²) in [7, 11) is 0. The average molecular weight is 211 g/mol. The molecule has 1 amide bonds. The molecule has 0 N–H and O–H groups in total. The number of halogens is 1. The minimum atomic E-state index is -0.411. The first-order valence-electron chi connectivity index (χ1n) is 4.89. The minimum absolute atomic E-state index is 0.349. The van der Waals surface area contributed by atoms with Gasteiger partial charge in [0.25, 0.3) is 0 Å². The van der Waals surface area contributed by atoms with Crippen molar-refractivity contribution in [3.8, 4) is 5.75 Å². The van der Waals surface area contributed by atoms with E-state index in [0.29, 0.717) is 18.8 Å². The van der Waals surface area contributed by atoms with Crippen LogP contribution in [-0.4, -0.2) is 24.1 Å². The maximum absolute atomic E-state index is 12.6. The van der Waals surface area contributed by atoms with Gasteiger partial charge in [-0.25, -0.2) is 9.18 Å². The van der Waals surface area contributed by atoms with Crippen molar-refractivity contribution in [2.45, 2.75) is 13.8 Å². The first-order valence-corrected chi connectivity index (χ1v) is 4.89. The van der Waals surface area contributed by atoms with Crippen LogP contribution < -0.4 is 4.74 Å². The van der Waals surface area contributed by atoms with Gasteiger partial charge in [0, 0.05) is 13.1 Å². The number of carbonyl (C=O) groups is 1. The van der Waals surface area contributed by atoms with Crippen LogP contribution in [0, 0.1) is 5.82 Å². The molecule has 0 saturated carbocycles. The Labute approximate surface area is 88.5 Å². The highest BCUT2D eigenvalue weighted by Crippen LogP contribution is 2.12. The Balaban J connectivity index is 2.61. The molecule has 0 aliphatic rings. The fourth-order valence-corrected chi connectivity index (χ4v) is 1.15. The third-order valence-corrected chi connectivity index (χ3v) is 2.04. The Hall–Kier alpha value is -1.58. The molecule has 0 heterocycles. The van der Waals surface area contributed by atoms with Gasteiger partial charge < -0.3 is 9.64 Å². The van der Waals surface area contributed by atoms with E-state index in [2.05, 4.69) is 0 Å². The second-order valence-electron chi connectivity index (χ2n) is 2.99. The molecule has 3 nitrogen and oxygen atoms in total. The molecule has 1 rings (SSSR count). The smallest absolute Gasteiger partial charge is 0.410 e. The lowest BCUT2D eigenvalue weighted by atomic mass is 10.3. The second-order valence-corrected chi connectivity index (χ2v) is 2.99. The van der Waals surface area contributed by atoms with Crippen LogP contribution in [0.3, 0.4) is 0 Å². The van der Waals surface area contributed by atoms with Gasteiger partial charge in [-0.2, -0.15) is 0 Å². The first-order chi connectivity index (χ1) is 7.17. The fourth-order valence-electron chi connectivity index (χ4n) is 1.15. The van der Waals surface area contributed by atoms with Crippen LogP contribution in [0.1, 0.15) is 13.8 Å². The molecule has 15 heavy (non-hydrogen) atoms. The second kappa shape index (κ2) is 5.34. The monoisotopic (exact) mass is 211 g/mol. The van der Waals surface area contributed by atoms with Crippen molar-refractivity contribution < 1.29 is 13.9 Å². The predicted molar refractivity (Wildman–Crippen MR) is 55.3 cm³/mol. The number of nitrogens with zero attached hydrogens (tertiary/aromatic N) is 1. The summed E-state index contributed by atoms with van der Waals surface area (Å²) in [5, 5.41) is 0. The van der Waals surface area contributed by atoms with E-state index in [1.165, 1.54) is 24.3 Å². The minimum Gasteiger partial charge on any atom is -0.410 e. The van der Waals surface area contributed by atoms with Crippen molar-refractivity contribution >= 4 is 6.09 Å². The Morgan fingerprint density at radius 2 is 1.80 bits per heavy atom. The van der Waals surface area contributed by atoms with E-state index in [9.17, 15) is 9.18 Å². The van der Waals surface area contributed by atoms with Gasteiger partial charge >= 0.3 is 6.09 Å². The van der Waals surface area contributed by atoms with E-state index in [0.717, 1.165) is 0 Å². The zero-order chi connectivity index (χ0) is 11.3. The lowest BCUT2D eigenvalue weighted by Crippen LogP contribution is -2.33. The van der Waals surface area contributed by atoms with Crippen molar-refractivity contribution in [3.63, 3.8) is 0 Å². The number of carbonyl (C=O) groups excluding carboxylic acids is 1. The van der Waals surface area contributed by atoms with Crippen LogP contribution in [-0.2, 0) is 0 Å². The molecule has 0 aliphatic carbocycles. The first kappa shape index (κ1) is 11.5. The van der Waals surface area contributed by atoms with Crippen molar-refractivity contribution in [1.29, 1.82) is 0 Å². The SMILES string of the molecule is CCN(CC)C(=O)Oc1ccc(F)cc1. The number of hydrogen-bond acceptors (Lipinski definition) is 2. The summed E-state index contributed by atoms with van der Waals surface area (Å²) >= 11 is 0. The highest BCUT2D eigenvalue weighted by Gasteiger charge is 2.11. The van der Waals surface area contributed by atoms with Crippen LogP contribution in [0.4, 0.5) is 9.18 Å². The molecule has 0 atom stereocenters. The van der Waals surface area contributed by atoms with E-state index in [4.69, 9.17) is 4.74 Å². The van der Waals surface area contributed by atoms with E-state index in [1.54, 1.807) is 4.90 Å². The maximum Gasteiger partial charge on any atom is 0.415 e. The van der Waals surface area contributed by atoms with E-state index in [-0.39, 0.29) is 5.82 Å². The molecule has 1 aromatic carbocycles. The van der Waals surface area contributed by atoms with Crippen LogP contribution in [0.5, 0.6) is 5.75 Å². The molecule has 4 heteroatoms. The van der Waals surface area contributed by atoms with Crippen LogP contribution in [0.15, 0.2) is 24.3 Å². The van der Waals surface area contributed by atoms with Gasteiger partial charge in [0.2, 0.25) is 0 Å². The van der Waals surface area contributed by atoms with Crippen LogP contribution >= 0.6 is 0 Å². The Bertz CT molecular complexity index is 320. The summed E-state index contributed by atoms with van der Waals surface area (Å²) in [4.78, 5) is 13.0. The van der Waals surface area contributed by atoms with E-state index < -0.39 is 6.09 Å². The van der Waals surface area contributed by atoms with Crippen LogP contribution in [0.2, 0.25) is 0 Å². The highest BCUT2D eigenvalue weighted by molar-refractivity contribution is 5.70. The summed E-state index contributed by atoms with van der Waals surface area (Å²) < 4.78 is 17.6. The summed E-state index contributed by atoms with van der Waals surface area (Å²) in [6.45, 7) is 4.93. The van der Waals surface area contributed by atoms with Crippen molar-refractivity contribution in [2.75, 3.05) is 13.1 Å². The van der Waals surface area contributed by atoms with Crippen molar-refractivity contribution in [3.05, 3.63) is 30.1 Å². The van der Waals surface area contributed by atoms with Crippen molar-refractivity contribution in [2.24, 2.45) is 0 Å². The Morgan fingerprint density at radius 3 is 2.27 bits per heavy atom. The summed E-state index contributed by atoms with van der Waals surface area (Å²) in [6, 6.07) is 5.36. The summed E-state index contributed by atoms with van der Waals surface area (Å²) in [6.07, 6.45) is -0.411. The molecule has 0 spiro atoms. The molecule has 0 saturated heterocycles. The van der Waals surface area contributed by atoms with Crippen LogP contribution in [0.25, 0.3) is 0 Å². The molecule has 0 bridgehead atoms. The number of amides is 1. The van der Waals surface area contributed by atoms with Gasteiger partial charge in [0.1, 0.15) is 11.6 Å². The van der Waals surface area contributed by atoms with Gasteiger partial charge in [0.15, 0.2) is 0 Å². The number of benzene rings is 1. The fraction of sp³-hybridized carbons (Fsp3) is 0.364. The molecule has 0 unspecified atom stereocenters. The molecule has 82 valence electrons. The summed E-state index contributed by atoms with van der Waals surface area (Å²) in [5.74, 6) is 0.00550. The van der Waals surface area contributed by atoms with Gasteiger partial charge in [-0.05, 0) is 38.1 Å². The zero-order valence-electron chi connectivity index (χ0n) is 8.87. The van der Waals surface area contributed by atoms with E-state index >= 15 is 0 Å². The number of rotatable bonds is 3. The van der Waals surface area contributed by atoms with Gasteiger partial charge in [-0.3, -0.25) is 0 Å². The topological polar surface area (TPSA) is 29.5 Å². The number of ether oxygens (including phenoxy) is 1. The third-order valence-electron chi connectivity index (χ3n) is 2.04. The molecule has 0 aromatic heterocycles.